The lowest BCUT2D eigenvalue weighted by molar-refractivity contribution is 0.0730. The number of hydrogen-bond acceptors (Lipinski definition) is 5. The number of nitrogens with one attached hydrogen (secondary N) is 1. The van der Waals surface area contributed by atoms with E-state index in [4.69, 9.17) is 4.74 Å². The average molecular weight is 369 g/mol. The molecule has 1 aromatic rings. The Morgan fingerprint density at radius 2 is 1.96 bits per heavy atom. The molecule has 0 unspecified atom stereocenters. The molecule has 1 N–H and O–H groups in total. The molecule has 0 saturated carbocycles. The molecule has 8 heteroatoms. The zero-order chi connectivity index (χ0) is 18.4. The second kappa shape index (κ2) is 8.75. The van der Waals surface area contributed by atoms with E-state index >= 15 is 0 Å². The highest BCUT2D eigenvalue weighted by Gasteiger charge is 2.28. The summed E-state index contributed by atoms with van der Waals surface area (Å²) < 4.78 is 32.3. The third-order valence-electron chi connectivity index (χ3n) is 4.11. The van der Waals surface area contributed by atoms with Crippen LogP contribution in [0.5, 0.6) is 0 Å². The van der Waals surface area contributed by atoms with E-state index in [-0.39, 0.29) is 10.8 Å². The van der Waals surface area contributed by atoms with Crippen molar-refractivity contribution in [1.29, 1.82) is 0 Å². The zero-order valence-electron chi connectivity index (χ0n) is 15.1. The lowest BCUT2D eigenvalue weighted by Crippen LogP contribution is -2.41. The molecule has 7 nitrogen and oxygen atoms in total. The summed E-state index contributed by atoms with van der Waals surface area (Å²) in [5.74, 6) is -0.253. The number of rotatable bonds is 7. The SMILES string of the molecule is Cc1ccc(C(=O)NCCCN(C)C)cc1S(=O)(=O)N1CCOCC1. The largest absolute Gasteiger partial charge is 0.379 e. The normalized spacial score (nSPS) is 16.2. The number of morpholine rings is 1. The third kappa shape index (κ3) is 5.24. The lowest BCUT2D eigenvalue weighted by Gasteiger charge is -2.26. The van der Waals surface area contributed by atoms with E-state index in [1.807, 2.05) is 19.0 Å². The van der Waals surface area contributed by atoms with Crippen molar-refractivity contribution in [2.75, 3.05) is 53.5 Å². The Labute approximate surface area is 150 Å². The van der Waals surface area contributed by atoms with E-state index in [1.165, 1.54) is 10.4 Å². The van der Waals surface area contributed by atoms with Gasteiger partial charge in [-0.05, 0) is 51.7 Å². The molecule has 0 radical (unpaired) electrons. The summed E-state index contributed by atoms with van der Waals surface area (Å²) in [6.45, 7) is 4.63. The highest BCUT2D eigenvalue weighted by molar-refractivity contribution is 7.89. The molecule has 0 atom stereocenters. The van der Waals surface area contributed by atoms with Gasteiger partial charge in [0.25, 0.3) is 5.91 Å². The molecule has 0 spiro atoms. The molecular formula is C17H27N3O4S. The summed E-state index contributed by atoms with van der Waals surface area (Å²) >= 11 is 0. The number of sulfonamides is 1. The van der Waals surface area contributed by atoms with Crippen molar-refractivity contribution in [2.24, 2.45) is 0 Å². The van der Waals surface area contributed by atoms with Crippen molar-refractivity contribution in [2.45, 2.75) is 18.2 Å². The van der Waals surface area contributed by atoms with Crippen LogP contribution in [0.4, 0.5) is 0 Å². The minimum Gasteiger partial charge on any atom is -0.379 e. The maximum absolute atomic E-state index is 12.9. The van der Waals surface area contributed by atoms with Crippen LogP contribution < -0.4 is 5.32 Å². The first-order valence-electron chi connectivity index (χ1n) is 8.44. The van der Waals surface area contributed by atoms with Crippen LogP contribution >= 0.6 is 0 Å². The van der Waals surface area contributed by atoms with Gasteiger partial charge in [0.05, 0.1) is 18.1 Å². The summed E-state index contributed by atoms with van der Waals surface area (Å²) in [5, 5.41) is 2.84. The van der Waals surface area contributed by atoms with Gasteiger partial charge in [0.1, 0.15) is 0 Å². The van der Waals surface area contributed by atoms with Crippen LogP contribution in [-0.2, 0) is 14.8 Å². The molecule has 1 fully saturated rings. The number of carbonyl (C=O) groups excluding carboxylic acids is 1. The average Bonchev–Trinajstić information content (AvgIpc) is 2.59. The summed E-state index contributed by atoms with van der Waals surface area (Å²) in [6, 6.07) is 4.82. The number of hydrogen-bond donors (Lipinski definition) is 1. The molecule has 140 valence electrons. The van der Waals surface area contributed by atoms with Crippen LogP contribution in [0.2, 0.25) is 0 Å². The molecule has 1 aliphatic rings. The molecule has 25 heavy (non-hydrogen) atoms. The summed E-state index contributed by atoms with van der Waals surface area (Å²) in [4.78, 5) is 14.5. The van der Waals surface area contributed by atoms with Crippen LogP contribution in [0, 0.1) is 6.92 Å². The number of nitrogens with zero attached hydrogens (tertiary/aromatic N) is 2. The van der Waals surface area contributed by atoms with E-state index in [1.54, 1.807) is 19.1 Å². The molecule has 1 heterocycles. The van der Waals surface area contributed by atoms with Gasteiger partial charge in [0, 0.05) is 25.2 Å². The summed E-state index contributed by atoms with van der Waals surface area (Å²) in [7, 11) is 0.335. The van der Waals surface area contributed by atoms with Crippen molar-refractivity contribution < 1.29 is 17.9 Å². The fraction of sp³-hybridized carbons (Fsp3) is 0.588. The second-order valence-corrected chi connectivity index (χ2v) is 8.32. The molecule has 1 amide bonds. The van der Waals surface area contributed by atoms with Gasteiger partial charge in [-0.15, -0.1) is 0 Å². The molecular weight excluding hydrogens is 342 g/mol. The molecule has 1 aromatic carbocycles. The Bertz CT molecular complexity index is 698. The van der Waals surface area contributed by atoms with Crippen LogP contribution in [0.3, 0.4) is 0 Å². The van der Waals surface area contributed by atoms with E-state index in [0.29, 0.717) is 44.0 Å². The van der Waals surface area contributed by atoms with Gasteiger partial charge >= 0.3 is 0 Å². The third-order valence-corrected chi connectivity index (χ3v) is 6.15. The van der Waals surface area contributed by atoms with Crippen LogP contribution in [0.15, 0.2) is 23.1 Å². The lowest BCUT2D eigenvalue weighted by atomic mass is 10.1. The Morgan fingerprint density at radius 1 is 1.28 bits per heavy atom. The van der Waals surface area contributed by atoms with Gasteiger partial charge in [0.2, 0.25) is 10.0 Å². The van der Waals surface area contributed by atoms with E-state index in [2.05, 4.69) is 5.32 Å². The maximum Gasteiger partial charge on any atom is 0.251 e. The first-order chi connectivity index (χ1) is 11.8. The summed E-state index contributed by atoms with van der Waals surface area (Å²) in [6.07, 6.45) is 0.837. The van der Waals surface area contributed by atoms with Gasteiger partial charge in [-0.1, -0.05) is 6.07 Å². The Morgan fingerprint density at radius 3 is 2.60 bits per heavy atom. The maximum atomic E-state index is 12.9. The van der Waals surface area contributed by atoms with Gasteiger partial charge in [0.15, 0.2) is 0 Å². The Hall–Kier alpha value is -1.48. The van der Waals surface area contributed by atoms with Crippen LogP contribution in [-0.4, -0.2) is 77.0 Å². The van der Waals surface area contributed by atoms with Crippen LogP contribution in [0.1, 0.15) is 22.3 Å². The minimum absolute atomic E-state index is 0.190. The highest BCUT2D eigenvalue weighted by Crippen LogP contribution is 2.22. The number of amides is 1. The standard InChI is InChI=1S/C17H27N3O4S/c1-14-5-6-15(17(21)18-7-4-8-19(2)3)13-16(14)25(22,23)20-9-11-24-12-10-20/h5-6,13H,4,7-12H2,1-3H3,(H,18,21). The zero-order valence-corrected chi connectivity index (χ0v) is 15.9. The Kier molecular flexibility index (Phi) is 6.95. The van der Waals surface area contributed by atoms with E-state index < -0.39 is 10.0 Å². The predicted molar refractivity (Wildman–Crippen MR) is 96.3 cm³/mol. The Balaban J connectivity index is 2.12. The van der Waals surface area contributed by atoms with E-state index in [0.717, 1.165) is 13.0 Å². The van der Waals surface area contributed by atoms with E-state index in [9.17, 15) is 13.2 Å². The molecule has 1 saturated heterocycles. The number of ether oxygens (including phenoxy) is 1. The van der Waals surface area contributed by atoms with Gasteiger partial charge < -0.3 is 15.0 Å². The number of carbonyl (C=O) groups is 1. The first kappa shape index (κ1) is 19.8. The molecule has 2 rings (SSSR count). The fourth-order valence-corrected chi connectivity index (χ4v) is 4.30. The van der Waals surface area contributed by atoms with Gasteiger partial charge in [-0.3, -0.25) is 4.79 Å². The van der Waals surface area contributed by atoms with Gasteiger partial charge in [-0.2, -0.15) is 4.31 Å². The van der Waals surface area contributed by atoms with Crippen molar-refractivity contribution in [3.8, 4) is 0 Å². The molecule has 0 aliphatic carbocycles. The topological polar surface area (TPSA) is 79.0 Å². The quantitative estimate of drug-likeness (QED) is 0.716. The van der Waals surface area contributed by atoms with Crippen molar-refractivity contribution in [3.05, 3.63) is 29.3 Å². The summed E-state index contributed by atoms with van der Waals surface area (Å²) in [5.41, 5.74) is 0.998. The van der Waals surface area contributed by atoms with Crippen molar-refractivity contribution in [3.63, 3.8) is 0 Å². The van der Waals surface area contributed by atoms with Gasteiger partial charge in [-0.25, -0.2) is 8.42 Å². The fourth-order valence-electron chi connectivity index (χ4n) is 2.64. The molecule has 0 aromatic heterocycles. The van der Waals surface area contributed by atoms with Crippen molar-refractivity contribution in [1.82, 2.24) is 14.5 Å². The minimum atomic E-state index is -3.62. The van der Waals surface area contributed by atoms with Crippen molar-refractivity contribution >= 4 is 15.9 Å². The molecule has 0 bridgehead atoms. The number of aryl methyl sites for hydroxylation is 1. The predicted octanol–water partition coefficient (Wildman–Crippen LogP) is 0.697. The monoisotopic (exact) mass is 369 g/mol. The highest BCUT2D eigenvalue weighted by atomic mass is 32.2. The molecule has 1 aliphatic heterocycles. The van der Waals surface area contributed by atoms with Crippen LogP contribution in [0.25, 0.3) is 0 Å². The number of benzene rings is 1. The first-order valence-corrected chi connectivity index (χ1v) is 9.88. The second-order valence-electron chi connectivity index (χ2n) is 6.41. The smallest absolute Gasteiger partial charge is 0.251 e.